The molecule has 0 spiro atoms. The van der Waals surface area contributed by atoms with E-state index in [0.29, 0.717) is 29.5 Å². The predicted molar refractivity (Wildman–Crippen MR) is 215 cm³/mol. The molecule has 0 aliphatic carbocycles. The highest BCUT2D eigenvalue weighted by atomic mass is 16.1. The molecular weight excluding hydrogens is 687 g/mol. The van der Waals surface area contributed by atoms with E-state index in [0.717, 1.165) is 55.6 Å². The van der Waals surface area contributed by atoms with Gasteiger partial charge in [0.05, 0.1) is 53.1 Å². The summed E-state index contributed by atoms with van der Waals surface area (Å²) in [6.45, 7) is 0.956. The maximum Gasteiger partial charge on any atom is 0.263 e. The van der Waals surface area contributed by atoms with Crippen LogP contribution >= 0.6 is 0 Å². The van der Waals surface area contributed by atoms with E-state index in [2.05, 4.69) is 59.8 Å². The second kappa shape index (κ2) is 14.1. The van der Waals surface area contributed by atoms with Crippen LogP contribution in [0.15, 0.2) is 168 Å². The van der Waals surface area contributed by atoms with Crippen molar-refractivity contribution < 1.29 is 0 Å². The average Bonchev–Trinajstić information content (AvgIpc) is 3.84. The molecule has 0 amide bonds. The minimum Gasteiger partial charge on any atom is -0.300 e. The molecule has 0 unspecified atom stereocenters. The largest absolute Gasteiger partial charge is 0.300 e. The number of hydrogen-bond donors (Lipinski definition) is 0. The molecule has 0 saturated heterocycles. The summed E-state index contributed by atoms with van der Waals surface area (Å²) in [5, 5.41) is 6.77. The van der Waals surface area contributed by atoms with Gasteiger partial charge in [0.2, 0.25) is 0 Å². The van der Waals surface area contributed by atoms with Crippen molar-refractivity contribution in [1.82, 2.24) is 43.3 Å². The number of benzene rings is 4. The predicted octanol–water partition coefficient (Wildman–Crippen LogP) is 7.15. The molecular formula is C44H33N9O2. The van der Waals surface area contributed by atoms with Gasteiger partial charge in [-0.3, -0.25) is 27.8 Å². The average molecular weight is 720 g/mol. The van der Waals surface area contributed by atoms with Crippen LogP contribution in [0.25, 0.3) is 60.9 Å². The number of aromatic nitrogens is 9. The van der Waals surface area contributed by atoms with E-state index in [4.69, 9.17) is 0 Å². The normalized spacial score (nSPS) is 11.3. The van der Waals surface area contributed by atoms with Gasteiger partial charge in [-0.05, 0) is 64.7 Å². The Morgan fingerprint density at radius 1 is 0.564 bits per heavy atom. The molecule has 0 radical (unpaired) electrons. The molecule has 0 atom stereocenters. The Kier molecular flexibility index (Phi) is 8.56. The van der Waals surface area contributed by atoms with E-state index in [1.165, 1.54) is 0 Å². The van der Waals surface area contributed by atoms with Gasteiger partial charge in [0.15, 0.2) is 5.65 Å². The molecule has 0 aliphatic rings. The van der Waals surface area contributed by atoms with E-state index in [-0.39, 0.29) is 11.1 Å². The maximum absolute atomic E-state index is 12.6. The molecule has 11 nitrogen and oxygen atoms in total. The third kappa shape index (κ3) is 6.55. The number of fused-ring (bicyclic) bond motifs is 4. The lowest BCUT2D eigenvalue weighted by Gasteiger charge is -2.08. The van der Waals surface area contributed by atoms with Crippen LogP contribution in [0, 0.1) is 0 Å². The lowest BCUT2D eigenvalue weighted by atomic mass is 10.0. The molecule has 4 aromatic carbocycles. The van der Waals surface area contributed by atoms with E-state index in [1.54, 1.807) is 40.1 Å². The van der Waals surface area contributed by atoms with Gasteiger partial charge >= 0.3 is 0 Å². The van der Waals surface area contributed by atoms with Crippen molar-refractivity contribution in [3.8, 4) is 22.4 Å². The first kappa shape index (κ1) is 33.3. The fraction of sp³-hybridized carbons (Fsp3) is 0.0682. The van der Waals surface area contributed by atoms with Gasteiger partial charge in [-0.15, -0.1) is 0 Å². The molecule has 0 N–H and O–H groups in total. The van der Waals surface area contributed by atoms with Gasteiger partial charge in [0.25, 0.3) is 11.1 Å². The molecule has 0 bridgehead atoms. The molecule has 6 heterocycles. The van der Waals surface area contributed by atoms with Crippen LogP contribution in [0.1, 0.15) is 11.1 Å². The summed E-state index contributed by atoms with van der Waals surface area (Å²) in [6, 6.07) is 39.5. The van der Waals surface area contributed by atoms with Crippen molar-refractivity contribution in [2.45, 2.75) is 13.1 Å². The van der Waals surface area contributed by atoms with Crippen molar-refractivity contribution in [2.24, 2.45) is 7.05 Å². The topological polar surface area (TPSA) is 118 Å². The van der Waals surface area contributed by atoms with Gasteiger partial charge < -0.3 is 0 Å². The lowest BCUT2D eigenvalue weighted by molar-refractivity contribution is 0.747. The third-order valence-corrected chi connectivity index (χ3v) is 9.63. The minimum atomic E-state index is -0.0812. The second-order valence-corrected chi connectivity index (χ2v) is 13.3. The van der Waals surface area contributed by atoms with Gasteiger partial charge in [0.1, 0.15) is 12.0 Å². The lowest BCUT2D eigenvalue weighted by Crippen LogP contribution is -2.21. The molecule has 11 heteroatoms. The SMILES string of the molecule is Cn1cc2c(-c3ccc(Cn4cnc5ncccc5c4=O)cc3)cccc2n1.O=c1c2ccccc2ncn1Cc1ccc(-c2cnc3ccccn23)cc1. The molecule has 55 heavy (non-hydrogen) atoms. The summed E-state index contributed by atoms with van der Waals surface area (Å²) >= 11 is 0. The Bertz CT molecular complexity index is 3100. The quantitative estimate of drug-likeness (QED) is 0.179. The number of aryl methyl sites for hydroxylation is 1. The smallest absolute Gasteiger partial charge is 0.263 e. The Labute approximate surface area is 314 Å². The Hall–Kier alpha value is -7.53. The molecule has 0 saturated carbocycles. The monoisotopic (exact) mass is 719 g/mol. The first-order valence-electron chi connectivity index (χ1n) is 17.8. The standard InChI is InChI=1S/C22H17N5O.C22H16N4O/c1-26-13-19-17(4-2-6-20(19)25-26)16-9-7-15(8-10-16)12-27-14-24-21-18(22(27)28)5-3-11-23-21;27-22-18-5-1-2-6-19(18)24-15-25(22)14-16-8-10-17(11-9-16)20-13-23-21-7-3-4-12-26(20)21/h2-11,13-14H,12H2,1H3;1-13,15H,14H2. The van der Waals surface area contributed by atoms with Crippen LogP contribution in [0.4, 0.5) is 0 Å². The zero-order valence-corrected chi connectivity index (χ0v) is 29.8. The van der Waals surface area contributed by atoms with Crippen LogP contribution in [0.5, 0.6) is 0 Å². The van der Waals surface area contributed by atoms with Gasteiger partial charge in [-0.1, -0.05) is 78.9 Å². The highest BCUT2D eigenvalue weighted by molar-refractivity contribution is 5.94. The molecule has 10 aromatic rings. The Balaban J connectivity index is 0.000000144. The Morgan fingerprint density at radius 2 is 1.24 bits per heavy atom. The molecule has 0 fully saturated rings. The molecule has 6 aromatic heterocycles. The van der Waals surface area contributed by atoms with Crippen molar-refractivity contribution in [2.75, 3.05) is 0 Å². The van der Waals surface area contributed by atoms with E-state index in [9.17, 15) is 9.59 Å². The number of pyridine rings is 2. The third-order valence-electron chi connectivity index (χ3n) is 9.63. The van der Waals surface area contributed by atoms with Gasteiger partial charge in [0, 0.05) is 36.6 Å². The zero-order chi connectivity index (χ0) is 37.3. The maximum atomic E-state index is 12.6. The number of nitrogens with zero attached hydrogens (tertiary/aromatic N) is 9. The summed E-state index contributed by atoms with van der Waals surface area (Å²) < 4.78 is 7.15. The number of imidazole rings is 1. The van der Waals surface area contributed by atoms with E-state index < -0.39 is 0 Å². The molecule has 266 valence electrons. The Morgan fingerprint density at radius 3 is 2.04 bits per heavy atom. The van der Waals surface area contributed by atoms with Crippen LogP contribution in [0.3, 0.4) is 0 Å². The van der Waals surface area contributed by atoms with Crippen LogP contribution < -0.4 is 11.1 Å². The molecule has 10 rings (SSSR count). The minimum absolute atomic E-state index is 0.0218. The van der Waals surface area contributed by atoms with E-state index >= 15 is 0 Å². The summed E-state index contributed by atoms with van der Waals surface area (Å²) in [6.07, 6.45) is 10.7. The van der Waals surface area contributed by atoms with Crippen molar-refractivity contribution in [1.29, 1.82) is 0 Å². The highest BCUT2D eigenvalue weighted by Crippen LogP contribution is 2.28. The fourth-order valence-electron chi connectivity index (χ4n) is 6.85. The van der Waals surface area contributed by atoms with E-state index in [1.807, 2.05) is 109 Å². The van der Waals surface area contributed by atoms with Crippen molar-refractivity contribution >= 4 is 38.5 Å². The first-order valence-corrected chi connectivity index (χ1v) is 17.8. The van der Waals surface area contributed by atoms with Crippen LogP contribution in [-0.4, -0.2) is 43.3 Å². The van der Waals surface area contributed by atoms with Crippen LogP contribution in [0.2, 0.25) is 0 Å². The van der Waals surface area contributed by atoms with Gasteiger partial charge in [-0.25, -0.2) is 19.9 Å². The second-order valence-electron chi connectivity index (χ2n) is 13.3. The van der Waals surface area contributed by atoms with Gasteiger partial charge in [-0.2, -0.15) is 5.10 Å². The number of hydrogen-bond acceptors (Lipinski definition) is 7. The number of rotatable bonds is 6. The summed E-state index contributed by atoms with van der Waals surface area (Å²) in [5.41, 5.74) is 9.48. The number of para-hydroxylation sites is 1. The van der Waals surface area contributed by atoms with Crippen molar-refractivity contribution in [3.63, 3.8) is 0 Å². The summed E-state index contributed by atoms with van der Waals surface area (Å²) in [5.74, 6) is 0. The highest BCUT2D eigenvalue weighted by Gasteiger charge is 2.10. The molecule has 0 aliphatic heterocycles. The fourth-order valence-corrected chi connectivity index (χ4v) is 6.85. The van der Waals surface area contributed by atoms with Crippen molar-refractivity contribution in [3.05, 3.63) is 191 Å². The first-order chi connectivity index (χ1) is 27.0. The van der Waals surface area contributed by atoms with Crippen LogP contribution in [-0.2, 0) is 20.1 Å². The zero-order valence-electron chi connectivity index (χ0n) is 29.8. The summed E-state index contributed by atoms with van der Waals surface area (Å²) in [7, 11) is 1.93. The summed E-state index contributed by atoms with van der Waals surface area (Å²) in [4.78, 5) is 42.5.